The molecule has 1 unspecified atom stereocenters. The molecule has 168 valence electrons. The van der Waals surface area contributed by atoms with Crippen molar-refractivity contribution in [3.63, 3.8) is 0 Å². The second-order valence-electron chi connectivity index (χ2n) is 8.15. The Balaban J connectivity index is 1.49. The lowest BCUT2D eigenvalue weighted by Gasteiger charge is -2.32. The standard InChI is InChI=1S/C26H27N5O2/c1-32-11-12-33-25-15-23-21(14-22(25)27)26(28,30-17-29-23)20-7-8-24-19(13-20)9-10-31(24)16-18-5-3-2-4-6-18/h2-10,13-15,17H,11-12,16,27-28H2,1H3,(H,29,30). The first-order chi connectivity index (χ1) is 16.1. The number of hydrogen-bond donors (Lipinski definition) is 3. The molecule has 0 spiro atoms. The average Bonchev–Trinajstić information content (AvgIpc) is 3.23. The molecular weight excluding hydrogens is 414 g/mol. The SMILES string of the molecule is COCCOc1cc2c(cc1N)C(N)(c1ccc3c(ccn3Cc3ccccc3)c1)N=CN2. The molecule has 0 aliphatic carbocycles. The van der Waals surface area contributed by atoms with Gasteiger partial charge in [-0.2, -0.15) is 0 Å². The number of benzene rings is 3. The monoisotopic (exact) mass is 441 g/mol. The predicted molar refractivity (Wildman–Crippen MR) is 133 cm³/mol. The minimum absolute atomic E-state index is 0.415. The molecule has 0 saturated carbocycles. The van der Waals surface area contributed by atoms with Gasteiger partial charge in [-0.05, 0) is 35.4 Å². The Morgan fingerprint density at radius 3 is 2.70 bits per heavy atom. The molecule has 1 aromatic heterocycles. The molecule has 4 aromatic rings. The summed E-state index contributed by atoms with van der Waals surface area (Å²) in [7, 11) is 1.63. The zero-order valence-corrected chi connectivity index (χ0v) is 18.5. The summed E-state index contributed by atoms with van der Waals surface area (Å²) in [5.41, 5.74) is 17.5. The number of nitrogens with one attached hydrogen (secondary N) is 1. The van der Waals surface area contributed by atoms with Crippen LogP contribution in [0.2, 0.25) is 0 Å². The van der Waals surface area contributed by atoms with Gasteiger partial charge in [-0.25, -0.2) is 4.99 Å². The number of nitrogens with two attached hydrogens (primary N) is 2. The molecule has 0 bridgehead atoms. The largest absolute Gasteiger partial charge is 0.489 e. The van der Waals surface area contributed by atoms with E-state index in [0.29, 0.717) is 24.7 Å². The third-order valence-corrected chi connectivity index (χ3v) is 6.00. The van der Waals surface area contributed by atoms with Crippen LogP contribution < -0.4 is 21.5 Å². The predicted octanol–water partition coefficient (Wildman–Crippen LogP) is 3.91. The van der Waals surface area contributed by atoms with Crippen molar-refractivity contribution in [1.29, 1.82) is 0 Å². The molecule has 3 aromatic carbocycles. The summed E-state index contributed by atoms with van der Waals surface area (Å²) >= 11 is 0. The van der Waals surface area contributed by atoms with Crippen LogP contribution >= 0.6 is 0 Å². The first kappa shape index (κ1) is 21.1. The highest BCUT2D eigenvalue weighted by atomic mass is 16.5. The van der Waals surface area contributed by atoms with Gasteiger partial charge in [-0.3, -0.25) is 5.73 Å². The van der Waals surface area contributed by atoms with Gasteiger partial charge >= 0.3 is 0 Å². The molecule has 7 nitrogen and oxygen atoms in total. The second-order valence-corrected chi connectivity index (χ2v) is 8.15. The van der Waals surface area contributed by atoms with E-state index in [1.807, 2.05) is 24.3 Å². The van der Waals surface area contributed by atoms with Gasteiger partial charge in [-0.1, -0.05) is 36.4 Å². The number of fused-ring (bicyclic) bond motifs is 2. The van der Waals surface area contributed by atoms with Gasteiger partial charge in [0, 0.05) is 42.4 Å². The van der Waals surface area contributed by atoms with Crippen LogP contribution in [0.3, 0.4) is 0 Å². The zero-order valence-electron chi connectivity index (χ0n) is 18.5. The summed E-state index contributed by atoms with van der Waals surface area (Å²) < 4.78 is 13.0. The number of hydrogen-bond acceptors (Lipinski definition) is 6. The fourth-order valence-corrected chi connectivity index (χ4v) is 4.25. The first-order valence-electron chi connectivity index (χ1n) is 10.9. The Morgan fingerprint density at radius 2 is 1.88 bits per heavy atom. The van der Waals surface area contributed by atoms with Crippen molar-refractivity contribution in [2.24, 2.45) is 10.7 Å². The first-order valence-corrected chi connectivity index (χ1v) is 10.9. The molecule has 2 heterocycles. The molecular formula is C26H27N5O2. The summed E-state index contributed by atoms with van der Waals surface area (Å²) in [5.74, 6) is 0.587. The normalized spacial score (nSPS) is 17.0. The van der Waals surface area contributed by atoms with Crippen LogP contribution in [0.5, 0.6) is 5.75 Å². The van der Waals surface area contributed by atoms with Crippen LogP contribution in [-0.4, -0.2) is 31.2 Å². The molecule has 1 atom stereocenters. The van der Waals surface area contributed by atoms with E-state index < -0.39 is 5.66 Å². The molecule has 0 saturated heterocycles. The molecule has 33 heavy (non-hydrogen) atoms. The van der Waals surface area contributed by atoms with Gasteiger partial charge in [0.1, 0.15) is 12.4 Å². The van der Waals surface area contributed by atoms with Gasteiger partial charge in [0.2, 0.25) is 0 Å². The van der Waals surface area contributed by atoms with Crippen LogP contribution in [0.4, 0.5) is 11.4 Å². The Morgan fingerprint density at radius 1 is 1.03 bits per heavy atom. The second kappa shape index (κ2) is 8.61. The lowest BCUT2D eigenvalue weighted by atomic mass is 9.89. The van der Waals surface area contributed by atoms with Crippen molar-refractivity contribution < 1.29 is 9.47 Å². The fraction of sp³-hybridized carbons (Fsp3) is 0.192. The van der Waals surface area contributed by atoms with E-state index >= 15 is 0 Å². The third-order valence-electron chi connectivity index (χ3n) is 6.00. The van der Waals surface area contributed by atoms with Crippen molar-refractivity contribution in [3.8, 4) is 5.75 Å². The van der Waals surface area contributed by atoms with Gasteiger partial charge in [0.15, 0.2) is 5.66 Å². The van der Waals surface area contributed by atoms with Crippen LogP contribution in [0.1, 0.15) is 16.7 Å². The number of nitrogen functional groups attached to an aromatic ring is 1. The number of methoxy groups -OCH3 is 1. The van der Waals surface area contributed by atoms with E-state index in [1.54, 1.807) is 13.4 Å². The molecule has 7 heteroatoms. The zero-order chi connectivity index (χ0) is 22.8. The highest BCUT2D eigenvalue weighted by Crippen LogP contribution is 2.41. The van der Waals surface area contributed by atoms with Gasteiger partial charge < -0.3 is 25.1 Å². The number of aromatic nitrogens is 1. The molecule has 1 aliphatic rings. The number of nitrogens with zero attached hydrogens (tertiary/aromatic N) is 2. The Kier molecular flexibility index (Phi) is 5.50. The molecule has 0 radical (unpaired) electrons. The maximum Gasteiger partial charge on any atom is 0.163 e. The van der Waals surface area contributed by atoms with Crippen LogP contribution in [0, 0.1) is 0 Å². The Hall–Kier alpha value is -3.81. The minimum Gasteiger partial charge on any atom is -0.489 e. The average molecular weight is 442 g/mol. The molecule has 0 fully saturated rings. The smallest absolute Gasteiger partial charge is 0.163 e. The van der Waals surface area contributed by atoms with E-state index in [-0.39, 0.29) is 0 Å². The molecule has 5 N–H and O–H groups in total. The number of aliphatic imine (C=N–C) groups is 1. The van der Waals surface area contributed by atoms with Crippen LogP contribution in [-0.2, 0) is 16.9 Å². The van der Waals surface area contributed by atoms with E-state index in [9.17, 15) is 0 Å². The number of anilines is 2. The summed E-state index contributed by atoms with van der Waals surface area (Å²) in [6.45, 7) is 1.71. The third kappa shape index (κ3) is 3.92. The molecule has 0 amide bonds. The van der Waals surface area contributed by atoms with Gasteiger partial charge in [0.25, 0.3) is 0 Å². The van der Waals surface area contributed by atoms with E-state index in [4.69, 9.17) is 20.9 Å². The number of ether oxygens (including phenoxy) is 2. The number of rotatable bonds is 7. The van der Waals surface area contributed by atoms with Crippen LogP contribution in [0.25, 0.3) is 10.9 Å². The van der Waals surface area contributed by atoms with E-state index in [1.165, 1.54) is 5.56 Å². The summed E-state index contributed by atoms with van der Waals surface area (Å²) in [4.78, 5) is 4.62. The highest BCUT2D eigenvalue weighted by Gasteiger charge is 2.34. The Labute approximate surface area is 192 Å². The summed E-state index contributed by atoms with van der Waals surface area (Å²) in [6, 6.07) is 22.5. The fourth-order valence-electron chi connectivity index (χ4n) is 4.25. The topological polar surface area (TPSA) is 99.8 Å². The van der Waals surface area contributed by atoms with E-state index in [0.717, 1.165) is 34.3 Å². The quantitative estimate of drug-likeness (QED) is 0.298. The van der Waals surface area contributed by atoms with Crippen molar-refractivity contribution >= 4 is 28.6 Å². The Bertz CT molecular complexity index is 1320. The summed E-state index contributed by atoms with van der Waals surface area (Å²) in [6.07, 6.45) is 3.73. The van der Waals surface area contributed by atoms with Crippen molar-refractivity contribution in [1.82, 2.24) is 4.57 Å². The molecule has 1 aliphatic heterocycles. The van der Waals surface area contributed by atoms with Crippen LogP contribution in [0.15, 0.2) is 77.9 Å². The van der Waals surface area contributed by atoms with Crippen molar-refractivity contribution in [2.75, 3.05) is 31.4 Å². The minimum atomic E-state index is -1.06. The van der Waals surface area contributed by atoms with Gasteiger partial charge in [-0.15, -0.1) is 0 Å². The van der Waals surface area contributed by atoms with Crippen molar-refractivity contribution in [2.45, 2.75) is 12.2 Å². The van der Waals surface area contributed by atoms with Crippen molar-refractivity contribution in [3.05, 3.63) is 89.6 Å². The molecule has 5 rings (SSSR count). The highest BCUT2D eigenvalue weighted by molar-refractivity contribution is 5.86. The maximum atomic E-state index is 6.89. The lowest BCUT2D eigenvalue weighted by Crippen LogP contribution is -2.39. The maximum absolute atomic E-state index is 6.89. The lowest BCUT2D eigenvalue weighted by molar-refractivity contribution is 0.147. The summed E-state index contributed by atoms with van der Waals surface area (Å²) in [5, 5.41) is 4.28. The van der Waals surface area contributed by atoms with E-state index in [2.05, 4.69) is 63.5 Å². The van der Waals surface area contributed by atoms with Gasteiger partial charge in [0.05, 0.1) is 24.3 Å².